The van der Waals surface area contributed by atoms with Gasteiger partial charge in [-0.25, -0.2) is 9.78 Å². The summed E-state index contributed by atoms with van der Waals surface area (Å²) in [6.45, 7) is 1.87. The molecule has 4 aromatic rings. The van der Waals surface area contributed by atoms with Crippen molar-refractivity contribution in [1.29, 1.82) is 0 Å². The number of rotatable bonds is 8. The van der Waals surface area contributed by atoms with Crippen LogP contribution in [0.25, 0.3) is 10.2 Å². The number of hydrogen-bond acceptors (Lipinski definition) is 8. The van der Waals surface area contributed by atoms with Gasteiger partial charge < -0.3 is 15.7 Å². The first-order chi connectivity index (χ1) is 17.6. The van der Waals surface area contributed by atoms with Gasteiger partial charge in [0.2, 0.25) is 5.91 Å². The average Bonchev–Trinajstić information content (AvgIpc) is 3.26. The van der Waals surface area contributed by atoms with E-state index in [0.717, 1.165) is 16.3 Å². The first-order valence-corrected chi connectivity index (χ1v) is 12.7. The Bertz CT molecular complexity index is 1570. The lowest BCUT2D eigenvalue weighted by molar-refractivity contribution is -0.385. The Kier molecular flexibility index (Phi) is 7.71. The van der Waals surface area contributed by atoms with Gasteiger partial charge in [0, 0.05) is 22.5 Å². The molecule has 188 valence electrons. The standard InChI is InChI=1S/C24H17ClN4O6S2/c1-12-5-6-13(9-16(12)25)26-20(30)11-36-24-28-17-8-7-14(10-19(17)37-24)27-22(31)15-3-2-4-18(29(34)35)21(15)23(32)33/h2-10H,11H2,1H3,(H,26,30)(H,27,31)(H,32,33). The third kappa shape index (κ3) is 6.05. The molecule has 13 heteroatoms. The Hall–Kier alpha value is -4.00. The Morgan fingerprint density at radius 3 is 2.54 bits per heavy atom. The van der Waals surface area contributed by atoms with Gasteiger partial charge in [0.05, 0.1) is 26.5 Å². The molecule has 0 saturated heterocycles. The van der Waals surface area contributed by atoms with Crippen molar-refractivity contribution >= 4 is 79.8 Å². The molecule has 2 amide bonds. The van der Waals surface area contributed by atoms with Crippen molar-refractivity contribution in [3.63, 3.8) is 0 Å². The van der Waals surface area contributed by atoms with Gasteiger partial charge in [-0.15, -0.1) is 11.3 Å². The van der Waals surface area contributed by atoms with Gasteiger partial charge in [0.25, 0.3) is 11.6 Å². The van der Waals surface area contributed by atoms with Gasteiger partial charge >= 0.3 is 5.97 Å². The molecule has 3 aromatic carbocycles. The molecular weight excluding hydrogens is 540 g/mol. The van der Waals surface area contributed by atoms with Crippen LogP contribution in [0, 0.1) is 17.0 Å². The highest BCUT2D eigenvalue weighted by Gasteiger charge is 2.27. The van der Waals surface area contributed by atoms with E-state index < -0.39 is 28.1 Å². The van der Waals surface area contributed by atoms with Gasteiger partial charge in [0.1, 0.15) is 5.56 Å². The number of anilines is 2. The number of halogens is 1. The quantitative estimate of drug-likeness (QED) is 0.139. The van der Waals surface area contributed by atoms with E-state index >= 15 is 0 Å². The van der Waals surface area contributed by atoms with Crippen LogP contribution in [0.2, 0.25) is 5.02 Å². The lowest BCUT2D eigenvalue weighted by atomic mass is 10.0. The molecule has 0 spiro atoms. The molecule has 0 aliphatic heterocycles. The molecule has 1 heterocycles. The van der Waals surface area contributed by atoms with E-state index in [1.165, 1.54) is 35.2 Å². The maximum absolute atomic E-state index is 12.8. The summed E-state index contributed by atoms with van der Waals surface area (Å²) in [5, 5.41) is 26.5. The molecule has 4 rings (SSSR count). The number of carboxylic acids is 1. The lowest BCUT2D eigenvalue weighted by Gasteiger charge is -2.08. The molecule has 3 N–H and O–H groups in total. The number of carbonyl (C=O) groups is 3. The smallest absolute Gasteiger partial charge is 0.343 e. The van der Waals surface area contributed by atoms with E-state index in [0.29, 0.717) is 26.3 Å². The predicted molar refractivity (Wildman–Crippen MR) is 143 cm³/mol. The number of aromatic carboxylic acids is 1. The number of nitro benzene ring substituents is 1. The van der Waals surface area contributed by atoms with Crippen LogP contribution in [0.15, 0.2) is 58.9 Å². The number of thioether (sulfide) groups is 1. The van der Waals surface area contributed by atoms with Crippen LogP contribution in [0.4, 0.5) is 17.1 Å². The highest BCUT2D eigenvalue weighted by molar-refractivity contribution is 8.01. The fraction of sp³-hybridized carbons (Fsp3) is 0.0833. The molecule has 0 saturated carbocycles. The Morgan fingerprint density at radius 2 is 1.84 bits per heavy atom. The van der Waals surface area contributed by atoms with Crippen LogP contribution in [0.1, 0.15) is 26.3 Å². The second kappa shape index (κ2) is 10.9. The number of carboxylic acid groups (broad SMARTS) is 1. The second-order valence-electron chi connectivity index (χ2n) is 7.68. The van der Waals surface area contributed by atoms with Crippen molar-refractivity contribution in [2.45, 2.75) is 11.3 Å². The molecule has 0 aliphatic rings. The molecule has 0 bridgehead atoms. The molecule has 0 radical (unpaired) electrons. The largest absolute Gasteiger partial charge is 0.477 e. The summed E-state index contributed by atoms with van der Waals surface area (Å²) < 4.78 is 1.37. The van der Waals surface area contributed by atoms with Crippen LogP contribution in [0.3, 0.4) is 0 Å². The zero-order valence-corrected chi connectivity index (χ0v) is 21.4. The number of amides is 2. The molecule has 0 atom stereocenters. The highest BCUT2D eigenvalue weighted by atomic mass is 35.5. The summed E-state index contributed by atoms with van der Waals surface area (Å²) in [5.74, 6) is -2.47. The Morgan fingerprint density at radius 1 is 1.11 bits per heavy atom. The van der Waals surface area contributed by atoms with E-state index in [1.54, 1.807) is 30.3 Å². The lowest BCUT2D eigenvalue weighted by Crippen LogP contribution is -2.17. The van der Waals surface area contributed by atoms with Crippen molar-refractivity contribution in [1.82, 2.24) is 4.98 Å². The van der Waals surface area contributed by atoms with Gasteiger partial charge in [-0.2, -0.15) is 0 Å². The van der Waals surface area contributed by atoms with Crippen LogP contribution in [-0.4, -0.2) is 38.6 Å². The summed E-state index contributed by atoms with van der Waals surface area (Å²) in [4.78, 5) is 51.5. The van der Waals surface area contributed by atoms with E-state index in [4.69, 9.17) is 11.6 Å². The number of benzene rings is 3. The fourth-order valence-electron chi connectivity index (χ4n) is 3.34. The summed E-state index contributed by atoms with van der Waals surface area (Å²) in [5.41, 5.74) is 0.825. The number of aromatic nitrogens is 1. The van der Waals surface area contributed by atoms with Crippen molar-refractivity contribution in [3.05, 3.63) is 86.4 Å². The second-order valence-corrected chi connectivity index (χ2v) is 10.3. The minimum Gasteiger partial charge on any atom is -0.477 e. The first-order valence-electron chi connectivity index (χ1n) is 10.5. The van der Waals surface area contributed by atoms with Crippen molar-refractivity contribution < 1.29 is 24.4 Å². The first kappa shape index (κ1) is 26.1. The SMILES string of the molecule is Cc1ccc(NC(=O)CSc2nc3ccc(NC(=O)c4cccc([N+](=O)[O-])c4C(=O)O)cc3s2)cc1Cl. The van der Waals surface area contributed by atoms with Crippen molar-refractivity contribution in [2.75, 3.05) is 16.4 Å². The maximum atomic E-state index is 12.8. The van der Waals surface area contributed by atoms with Crippen LogP contribution < -0.4 is 10.6 Å². The van der Waals surface area contributed by atoms with Crippen molar-refractivity contribution in [2.24, 2.45) is 0 Å². The molecule has 1 aromatic heterocycles. The number of nitrogens with zero attached hydrogens (tertiary/aromatic N) is 2. The fourth-order valence-corrected chi connectivity index (χ4v) is 5.43. The third-order valence-corrected chi connectivity index (χ3v) is 7.67. The van der Waals surface area contributed by atoms with Crippen LogP contribution in [0.5, 0.6) is 0 Å². The zero-order valence-electron chi connectivity index (χ0n) is 19.0. The number of hydrogen-bond donors (Lipinski definition) is 3. The third-order valence-electron chi connectivity index (χ3n) is 5.11. The van der Waals surface area contributed by atoms with Crippen molar-refractivity contribution in [3.8, 4) is 0 Å². The number of aryl methyl sites for hydroxylation is 1. The number of carbonyl (C=O) groups excluding carboxylic acids is 2. The molecular formula is C24H17ClN4O6S2. The van der Waals surface area contributed by atoms with E-state index in [2.05, 4.69) is 15.6 Å². The topological polar surface area (TPSA) is 152 Å². The average molecular weight is 557 g/mol. The highest BCUT2D eigenvalue weighted by Crippen LogP contribution is 2.32. The molecule has 0 unspecified atom stereocenters. The number of fused-ring (bicyclic) bond motifs is 1. The molecule has 10 nitrogen and oxygen atoms in total. The van der Waals surface area contributed by atoms with E-state index in [9.17, 15) is 29.6 Å². The predicted octanol–water partition coefficient (Wildman–Crippen LogP) is 5.85. The van der Waals surface area contributed by atoms with E-state index in [-0.39, 0.29) is 17.2 Å². The number of nitro groups is 1. The van der Waals surface area contributed by atoms with Crippen LogP contribution >= 0.6 is 34.7 Å². The minimum absolute atomic E-state index is 0.125. The van der Waals surface area contributed by atoms with Gasteiger partial charge in [-0.05, 0) is 48.9 Å². The van der Waals surface area contributed by atoms with E-state index in [1.807, 2.05) is 13.0 Å². The molecule has 0 aliphatic carbocycles. The number of nitrogens with one attached hydrogen (secondary N) is 2. The Labute approximate surface area is 222 Å². The van der Waals surface area contributed by atoms with Gasteiger partial charge in [-0.3, -0.25) is 19.7 Å². The van der Waals surface area contributed by atoms with Gasteiger partial charge in [0.15, 0.2) is 4.34 Å². The summed E-state index contributed by atoms with van der Waals surface area (Å²) in [7, 11) is 0. The molecule has 0 fully saturated rings. The summed E-state index contributed by atoms with van der Waals surface area (Å²) >= 11 is 8.66. The van der Waals surface area contributed by atoms with Gasteiger partial charge in [-0.1, -0.05) is 35.5 Å². The monoisotopic (exact) mass is 556 g/mol. The normalized spacial score (nSPS) is 10.8. The summed E-state index contributed by atoms with van der Waals surface area (Å²) in [6, 6.07) is 13.7. The van der Waals surface area contributed by atoms with Crippen LogP contribution in [-0.2, 0) is 4.79 Å². The summed E-state index contributed by atoms with van der Waals surface area (Å²) in [6.07, 6.45) is 0. The Balaban J connectivity index is 1.45. The molecule has 37 heavy (non-hydrogen) atoms. The maximum Gasteiger partial charge on any atom is 0.343 e. The minimum atomic E-state index is -1.58. The number of thiazole rings is 1. The zero-order chi connectivity index (χ0) is 26.7.